The van der Waals surface area contributed by atoms with Gasteiger partial charge in [0.1, 0.15) is 5.54 Å². The van der Waals surface area contributed by atoms with Crippen molar-refractivity contribution in [2.45, 2.75) is 45.1 Å². The average molecular weight is 266 g/mol. The van der Waals surface area contributed by atoms with Crippen LogP contribution in [-0.2, 0) is 4.79 Å². The lowest BCUT2D eigenvalue weighted by Gasteiger charge is -2.36. The maximum atomic E-state index is 12.1. The van der Waals surface area contributed by atoms with E-state index in [2.05, 4.69) is 10.3 Å². The number of carbonyl (C=O) groups excluding carboxylic acids is 1. The van der Waals surface area contributed by atoms with Gasteiger partial charge in [0, 0.05) is 0 Å². The minimum atomic E-state index is -1.19. The molecule has 2 N–H and O–H groups in total. The molecule has 0 aliphatic heterocycles. The lowest BCUT2D eigenvalue weighted by molar-refractivity contribution is -0.146. The quantitative estimate of drug-likeness (QED) is 0.869. The molecule has 1 fully saturated rings. The molecule has 0 saturated heterocycles. The van der Waals surface area contributed by atoms with Crippen molar-refractivity contribution in [1.29, 1.82) is 0 Å². The number of rotatable bonds is 3. The van der Waals surface area contributed by atoms with Crippen molar-refractivity contribution in [2.24, 2.45) is 5.92 Å². The largest absolute Gasteiger partial charge is 0.480 e. The van der Waals surface area contributed by atoms with E-state index in [-0.39, 0.29) is 11.7 Å². The fourth-order valence-electron chi connectivity index (χ4n) is 2.71. The number of aromatic nitrogens is 1. The van der Waals surface area contributed by atoms with Crippen molar-refractivity contribution >= 4 is 11.9 Å². The molecule has 1 amide bonds. The second-order valence-electron chi connectivity index (χ2n) is 5.31. The predicted octanol–water partition coefficient (Wildman–Crippen LogP) is 1.75. The summed E-state index contributed by atoms with van der Waals surface area (Å²) >= 11 is 0. The van der Waals surface area contributed by atoms with Crippen LogP contribution in [0.15, 0.2) is 10.8 Å². The monoisotopic (exact) mass is 266 g/mol. The number of aliphatic carboxylic acids is 1. The molecule has 104 valence electrons. The fraction of sp³-hybridized carbons (Fsp3) is 0.615. The number of hydrogen-bond donors (Lipinski definition) is 2. The predicted molar refractivity (Wildman–Crippen MR) is 66.7 cm³/mol. The summed E-state index contributed by atoms with van der Waals surface area (Å²) in [6.07, 6.45) is 3.86. The zero-order chi connectivity index (χ0) is 14.0. The summed E-state index contributed by atoms with van der Waals surface area (Å²) in [5.41, 5.74) is -0.726. The Hall–Kier alpha value is -1.85. The van der Waals surface area contributed by atoms with Gasteiger partial charge in [-0.1, -0.05) is 19.8 Å². The molecular weight excluding hydrogens is 248 g/mol. The van der Waals surface area contributed by atoms with Gasteiger partial charge in [0.15, 0.2) is 6.39 Å². The van der Waals surface area contributed by atoms with Gasteiger partial charge in [-0.3, -0.25) is 4.79 Å². The first-order valence-corrected chi connectivity index (χ1v) is 6.40. The van der Waals surface area contributed by atoms with Gasteiger partial charge >= 0.3 is 5.97 Å². The van der Waals surface area contributed by atoms with Crippen molar-refractivity contribution in [3.63, 3.8) is 0 Å². The zero-order valence-electron chi connectivity index (χ0n) is 11.1. The number of hydrogen-bond acceptors (Lipinski definition) is 4. The van der Waals surface area contributed by atoms with Gasteiger partial charge in [0.05, 0.1) is 5.69 Å². The third kappa shape index (κ3) is 2.62. The van der Waals surface area contributed by atoms with Gasteiger partial charge in [0.25, 0.3) is 5.91 Å². The number of amides is 1. The Morgan fingerprint density at radius 2 is 2.32 bits per heavy atom. The van der Waals surface area contributed by atoms with Crippen LogP contribution in [-0.4, -0.2) is 27.5 Å². The van der Waals surface area contributed by atoms with E-state index in [0.29, 0.717) is 18.5 Å². The number of nitrogens with one attached hydrogen (secondary N) is 1. The summed E-state index contributed by atoms with van der Waals surface area (Å²) in [7, 11) is 0. The van der Waals surface area contributed by atoms with Gasteiger partial charge in [-0.05, 0) is 25.7 Å². The van der Waals surface area contributed by atoms with Crippen LogP contribution in [0.4, 0.5) is 0 Å². The summed E-state index contributed by atoms with van der Waals surface area (Å²) in [4.78, 5) is 27.5. The molecule has 1 aliphatic rings. The molecule has 1 aromatic heterocycles. The van der Waals surface area contributed by atoms with E-state index in [9.17, 15) is 14.7 Å². The topological polar surface area (TPSA) is 92.4 Å². The van der Waals surface area contributed by atoms with Crippen molar-refractivity contribution in [3.05, 3.63) is 17.8 Å². The van der Waals surface area contributed by atoms with Crippen molar-refractivity contribution in [3.8, 4) is 0 Å². The Morgan fingerprint density at radius 3 is 2.84 bits per heavy atom. The van der Waals surface area contributed by atoms with Crippen LogP contribution < -0.4 is 5.32 Å². The van der Waals surface area contributed by atoms with Gasteiger partial charge in [-0.15, -0.1) is 0 Å². The van der Waals surface area contributed by atoms with Gasteiger partial charge in [-0.25, -0.2) is 9.78 Å². The maximum absolute atomic E-state index is 12.1. The summed E-state index contributed by atoms with van der Waals surface area (Å²) in [5.74, 6) is -1.13. The molecule has 6 nitrogen and oxygen atoms in total. The number of aryl methyl sites for hydroxylation is 1. The highest BCUT2D eigenvalue weighted by Crippen LogP contribution is 2.32. The molecule has 0 spiro atoms. The third-order valence-corrected chi connectivity index (χ3v) is 3.71. The Kier molecular flexibility index (Phi) is 3.59. The highest BCUT2D eigenvalue weighted by molar-refractivity contribution is 5.96. The SMILES string of the molecule is Cc1ncoc1C(=O)NC1(C(=O)O)CCCC(C)C1. The molecule has 0 aromatic carbocycles. The van der Waals surface area contributed by atoms with E-state index in [4.69, 9.17) is 4.42 Å². The third-order valence-electron chi connectivity index (χ3n) is 3.71. The first kappa shape index (κ1) is 13.6. The molecule has 0 bridgehead atoms. The molecule has 1 aliphatic carbocycles. The van der Waals surface area contributed by atoms with Crippen LogP contribution in [0.5, 0.6) is 0 Å². The van der Waals surface area contributed by atoms with Gasteiger partial charge in [0.2, 0.25) is 5.76 Å². The van der Waals surface area contributed by atoms with E-state index in [1.807, 2.05) is 6.92 Å². The Bertz CT molecular complexity index is 497. The molecule has 1 aromatic rings. The first-order chi connectivity index (χ1) is 8.94. The average Bonchev–Trinajstić information content (AvgIpc) is 2.75. The smallest absolute Gasteiger partial charge is 0.329 e. The number of nitrogens with zero attached hydrogens (tertiary/aromatic N) is 1. The second kappa shape index (κ2) is 5.03. The van der Waals surface area contributed by atoms with Crippen LogP contribution in [0.3, 0.4) is 0 Å². The lowest BCUT2D eigenvalue weighted by Crippen LogP contribution is -2.56. The summed E-state index contributed by atoms with van der Waals surface area (Å²) in [5, 5.41) is 12.1. The molecule has 2 rings (SSSR count). The van der Waals surface area contributed by atoms with E-state index < -0.39 is 17.4 Å². The van der Waals surface area contributed by atoms with Gasteiger partial charge < -0.3 is 14.8 Å². The number of oxazole rings is 1. The Balaban J connectivity index is 2.20. The van der Waals surface area contributed by atoms with Crippen molar-refractivity contribution < 1.29 is 19.1 Å². The fourth-order valence-corrected chi connectivity index (χ4v) is 2.71. The van der Waals surface area contributed by atoms with Crippen LogP contribution in [0, 0.1) is 12.8 Å². The summed E-state index contributed by atoms with van der Waals surface area (Å²) in [6.45, 7) is 3.65. The molecule has 2 atom stereocenters. The van der Waals surface area contributed by atoms with Gasteiger partial charge in [-0.2, -0.15) is 0 Å². The van der Waals surface area contributed by atoms with Crippen molar-refractivity contribution in [2.75, 3.05) is 0 Å². The molecule has 0 radical (unpaired) electrons. The molecule has 2 unspecified atom stereocenters. The standard InChI is InChI=1S/C13H18N2O4/c1-8-4-3-5-13(6-8,12(17)18)15-11(16)10-9(2)14-7-19-10/h7-8H,3-6H2,1-2H3,(H,15,16)(H,17,18). The summed E-state index contributed by atoms with van der Waals surface area (Å²) < 4.78 is 5.00. The molecule has 1 saturated carbocycles. The van der Waals surface area contributed by atoms with Crippen LogP contribution >= 0.6 is 0 Å². The summed E-state index contributed by atoms with van der Waals surface area (Å²) in [6, 6.07) is 0. The zero-order valence-corrected chi connectivity index (χ0v) is 11.1. The van der Waals surface area contributed by atoms with Crippen molar-refractivity contribution in [1.82, 2.24) is 10.3 Å². The molecule has 19 heavy (non-hydrogen) atoms. The van der Waals surface area contributed by atoms with E-state index in [1.54, 1.807) is 6.92 Å². The second-order valence-corrected chi connectivity index (χ2v) is 5.31. The first-order valence-electron chi connectivity index (χ1n) is 6.40. The number of carboxylic acid groups (broad SMARTS) is 1. The van der Waals surface area contributed by atoms with Crippen LogP contribution in [0.1, 0.15) is 48.9 Å². The molecular formula is C13H18N2O4. The highest BCUT2D eigenvalue weighted by atomic mass is 16.4. The Morgan fingerprint density at radius 1 is 1.58 bits per heavy atom. The normalized spacial score (nSPS) is 26.9. The number of carboxylic acids is 1. The van der Waals surface area contributed by atoms with E-state index in [1.165, 1.54) is 6.39 Å². The Labute approximate surface area is 111 Å². The van der Waals surface area contributed by atoms with Crippen LogP contribution in [0.25, 0.3) is 0 Å². The lowest BCUT2D eigenvalue weighted by atomic mass is 9.76. The maximum Gasteiger partial charge on any atom is 0.329 e. The van der Waals surface area contributed by atoms with E-state index >= 15 is 0 Å². The van der Waals surface area contributed by atoms with Crippen LogP contribution in [0.2, 0.25) is 0 Å². The molecule has 6 heteroatoms. The minimum absolute atomic E-state index is 0.0823. The molecule has 1 heterocycles. The number of carbonyl (C=O) groups is 2. The highest BCUT2D eigenvalue weighted by Gasteiger charge is 2.43. The van der Waals surface area contributed by atoms with E-state index in [0.717, 1.165) is 12.8 Å². The minimum Gasteiger partial charge on any atom is -0.480 e.